The number of fused-ring (bicyclic) bond motifs is 2. The largest absolute Gasteiger partial charge is 0.377 e. The van der Waals surface area contributed by atoms with Gasteiger partial charge in [-0.1, -0.05) is 18.2 Å². The lowest BCUT2D eigenvalue weighted by atomic mass is 10.2. The van der Waals surface area contributed by atoms with E-state index in [1.807, 2.05) is 42.5 Å². The Balaban J connectivity index is 2.35. The zero-order valence-electron chi connectivity index (χ0n) is 9.09. The van der Waals surface area contributed by atoms with Crippen molar-refractivity contribution in [3.05, 3.63) is 42.5 Å². The topological polar surface area (TPSA) is 58.0 Å². The van der Waals surface area contributed by atoms with Gasteiger partial charge in [0.2, 0.25) is 0 Å². The minimum Gasteiger partial charge on any atom is -0.377 e. The quantitative estimate of drug-likeness (QED) is 0.518. The third-order valence-electron chi connectivity index (χ3n) is 2.64. The zero-order chi connectivity index (χ0) is 11.7. The molecule has 0 aliphatic carbocycles. The zero-order valence-corrected chi connectivity index (χ0v) is 9.09. The highest BCUT2D eigenvalue weighted by Gasteiger charge is 2.04. The van der Waals surface area contributed by atoms with Gasteiger partial charge in [-0.25, -0.2) is 9.97 Å². The molecule has 0 spiro atoms. The molecule has 0 fully saturated rings. The third-order valence-corrected chi connectivity index (χ3v) is 2.64. The molecule has 3 rings (SSSR count). The number of nitrogens with zero attached hydrogens (tertiary/aromatic N) is 2. The number of rotatable bonds is 2. The lowest BCUT2D eigenvalue weighted by Crippen LogP contribution is -2.01. The van der Waals surface area contributed by atoms with Crippen molar-refractivity contribution in [2.45, 2.75) is 0 Å². The Bertz CT molecular complexity index is 682. The molecular weight excluding hydrogens is 214 g/mol. The van der Waals surface area contributed by atoms with Crippen LogP contribution in [-0.4, -0.2) is 21.8 Å². The first-order chi connectivity index (χ1) is 8.38. The molecule has 2 N–H and O–H groups in total. The van der Waals surface area contributed by atoms with Gasteiger partial charge in [-0.15, -0.1) is 0 Å². The van der Waals surface area contributed by atoms with Crippen molar-refractivity contribution in [1.82, 2.24) is 9.97 Å². The van der Waals surface area contributed by atoms with Crippen molar-refractivity contribution >= 4 is 27.8 Å². The summed E-state index contributed by atoms with van der Waals surface area (Å²) in [5.74, 6) is 0. The maximum atomic E-state index is 8.93. The second-order valence-corrected chi connectivity index (χ2v) is 3.72. The van der Waals surface area contributed by atoms with Crippen LogP contribution in [0.15, 0.2) is 42.5 Å². The van der Waals surface area contributed by atoms with E-state index >= 15 is 0 Å². The van der Waals surface area contributed by atoms with Gasteiger partial charge in [-0.05, 0) is 24.3 Å². The molecule has 0 aliphatic heterocycles. The summed E-state index contributed by atoms with van der Waals surface area (Å²) in [5, 5.41) is 11.8. The highest BCUT2D eigenvalue weighted by Crippen LogP contribution is 2.22. The molecular formula is C13H11N3O. The molecule has 84 valence electrons. The molecule has 4 nitrogen and oxygen atoms in total. The van der Waals surface area contributed by atoms with Crippen molar-refractivity contribution in [2.24, 2.45) is 0 Å². The summed E-state index contributed by atoms with van der Waals surface area (Å²) in [6.07, 6.45) is 0. The van der Waals surface area contributed by atoms with Gasteiger partial charge in [-0.3, -0.25) is 0 Å². The van der Waals surface area contributed by atoms with E-state index < -0.39 is 0 Å². The van der Waals surface area contributed by atoms with E-state index in [9.17, 15) is 0 Å². The predicted molar refractivity (Wildman–Crippen MR) is 67.8 cm³/mol. The van der Waals surface area contributed by atoms with Crippen LogP contribution >= 0.6 is 0 Å². The molecule has 0 saturated heterocycles. The summed E-state index contributed by atoms with van der Waals surface area (Å²) in [4.78, 5) is 9.10. The molecule has 0 radical (unpaired) electrons. The minimum atomic E-state index is -0.117. The molecule has 0 saturated carbocycles. The van der Waals surface area contributed by atoms with Crippen LogP contribution in [0.4, 0.5) is 5.69 Å². The highest BCUT2D eigenvalue weighted by molar-refractivity contribution is 5.93. The van der Waals surface area contributed by atoms with Crippen LogP contribution in [0.25, 0.3) is 22.1 Å². The van der Waals surface area contributed by atoms with Crippen LogP contribution < -0.4 is 5.32 Å². The number of aliphatic hydroxyl groups excluding tert-OH is 1. The molecule has 2 aromatic carbocycles. The Morgan fingerprint density at radius 1 is 0.882 bits per heavy atom. The second kappa shape index (κ2) is 3.99. The Labute approximate surface area is 97.9 Å². The van der Waals surface area contributed by atoms with Crippen molar-refractivity contribution in [3.63, 3.8) is 0 Å². The number of hydrogen-bond donors (Lipinski definition) is 2. The van der Waals surface area contributed by atoms with E-state index in [1.54, 1.807) is 0 Å². The molecule has 0 amide bonds. The first-order valence-corrected chi connectivity index (χ1v) is 5.39. The maximum Gasteiger partial charge on any atom is 0.113 e. The first kappa shape index (κ1) is 9.99. The van der Waals surface area contributed by atoms with E-state index in [-0.39, 0.29) is 6.73 Å². The number of para-hydroxylation sites is 3. The van der Waals surface area contributed by atoms with Crippen LogP contribution in [0.3, 0.4) is 0 Å². The summed E-state index contributed by atoms with van der Waals surface area (Å²) in [7, 11) is 0. The van der Waals surface area contributed by atoms with Gasteiger partial charge in [-0.2, -0.15) is 0 Å². The summed E-state index contributed by atoms with van der Waals surface area (Å²) < 4.78 is 0. The average molecular weight is 225 g/mol. The first-order valence-electron chi connectivity index (χ1n) is 5.39. The summed E-state index contributed by atoms with van der Waals surface area (Å²) in [5.41, 5.74) is 4.12. The minimum absolute atomic E-state index is 0.117. The van der Waals surface area contributed by atoms with Crippen LogP contribution in [0.5, 0.6) is 0 Å². The molecule has 1 heterocycles. The number of hydrogen-bond acceptors (Lipinski definition) is 4. The number of nitrogens with one attached hydrogen (secondary N) is 1. The van der Waals surface area contributed by atoms with Crippen LogP contribution in [0, 0.1) is 0 Å². The van der Waals surface area contributed by atoms with Gasteiger partial charge in [0.25, 0.3) is 0 Å². The number of aliphatic hydroxyl groups is 1. The van der Waals surface area contributed by atoms with Gasteiger partial charge in [0.1, 0.15) is 12.2 Å². The molecule has 0 aliphatic rings. The van der Waals surface area contributed by atoms with Gasteiger partial charge >= 0.3 is 0 Å². The Morgan fingerprint density at radius 3 is 2.35 bits per heavy atom. The van der Waals surface area contributed by atoms with E-state index in [0.29, 0.717) is 0 Å². The molecule has 1 aromatic heterocycles. The van der Waals surface area contributed by atoms with Gasteiger partial charge in [0.05, 0.1) is 22.2 Å². The van der Waals surface area contributed by atoms with Gasteiger partial charge in [0, 0.05) is 0 Å². The van der Waals surface area contributed by atoms with Crippen molar-refractivity contribution in [3.8, 4) is 0 Å². The fraction of sp³-hybridized carbons (Fsp3) is 0.0769. The Hall–Kier alpha value is -2.20. The molecule has 3 aromatic rings. The average Bonchev–Trinajstić information content (AvgIpc) is 2.37. The van der Waals surface area contributed by atoms with Gasteiger partial charge in [0.15, 0.2) is 0 Å². The lowest BCUT2D eigenvalue weighted by Gasteiger charge is -2.07. The van der Waals surface area contributed by atoms with E-state index in [1.165, 1.54) is 0 Å². The number of anilines is 1. The van der Waals surface area contributed by atoms with Crippen molar-refractivity contribution in [1.29, 1.82) is 0 Å². The highest BCUT2D eigenvalue weighted by atomic mass is 16.3. The van der Waals surface area contributed by atoms with E-state index in [4.69, 9.17) is 5.11 Å². The number of benzene rings is 2. The fourth-order valence-corrected chi connectivity index (χ4v) is 1.87. The number of aromatic nitrogens is 2. The normalized spacial score (nSPS) is 10.9. The van der Waals surface area contributed by atoms with E-state index in [0.717, 1.165) is 27.8 Å². The van der Waals surface area contributed by atoms with Gasteiger partial charge < -0.3 is 10.4 Å². The van der Waals surface area contributed by atoms with Crippen LogP contribution in [-0.2, 0) is 0 Å². The van der Waals surface area contributed by atoms with E-state index in [2.05, 4.69) is 15.3 Å². The Morgan fingerprint density at radius 2 is 1.59 bits per heavy atom. The second-order valence-electron chi connectivity index (χ2n) is 3.72. The standard InChI is InChI=1S/C13H11N3O/c17-8-14-11-6-3-7-12-13(11)16-10-5-2-1-4-9(10)15-12/h1-7,14,17H,8H2. The summed E-state index contributed by atoms with van der Waals surface area (Å²) in [6.45, 7) is -0.117. The molecule has 0 atom stereocenters. The lowest BCUT2D eigenvalue weighted by molar-refractivity contribution is 0.326. The fourth-order valence-electron chi connectivity index (χ4n) is 1.87. The summed E-state index contributed by atoms with van der Waals surface area (Å²) >= 11 is 0. The maximum absolute atomic E-state index is 8.93. The molecule has 4 heteroatoms. The van der Waals surface area contributed by atoms with Crippen molar-refractivity contribution in [2.75, 3.05) is 12.0 Å². The molecule has 0 bridgehead atoms. The monoisotopic (exact) mass is 225 g/mol. The predicted octanol–water partition coefficient (Wildman–Crippen LogP) is 2.14. The SMILES string of the molecule is OCNc1cccc2nc3ccccc3nc12. The Kier molecular flexibility index (Phi) is 2.34. The molecule has 17 heavy (non-hydrogen) atoms. The smallest absolute Gasteiger partial charge is 0.113 e. The molecule has 0 unspecified atom stereocenters. The van der Waals surface area contributed by atoms with Crippen LogP contribution in [0.1, 0.15) is 0 Å². The summed E-state index contributed by atoms with van der Waals surface area (Å²) in [6, 6.07) is 13.4. The van der Waals surface area contributed by atoms with Crippen molar-refractivity contribution < 1.29 is 5.11 Å². The van der Waals surface area contributed by atoms with Crippen LogP contribution in [0.2, 0.25) is 0 Å². The third kappa shape index (κ3) is 1.68.